The average Bonchev–Trinajstić information content (AvgIpc) is 2.64. The number of carbonyl (C=O) groups excluding carboxylic acids is 2. The zero-order valence-electron chi connectivity index (χ0n) is 16.9. The van der Waals surface area contributed by atoms with Crippen molar-refractivity contribution < 1.29 is 40.7 Å². The van der Waals surface area contributed by atoms with Gasteiger partial charge in [0.2, 0.25) is 10.0 Å². The smallest absolute Gasteiger partial charge is 0.417 e. The molecule has 1 aliphatic rings. The van der Waals surface area contributed by atoms with Crippen molar-refractivity contribution in [1.82, 2.24) is 4.31 Å². The molecule has 0 bridgehead atoms. The first kappa shape index (κ1) is 24.1. The van der Waals surface area contributed by atoms with Crippen LogP contribution in [-0.2, 0) is 35.3 Å². The van der Waals surface area contributed by atoms with Gasteiger partial charge >= 0.3 is 18.1 Å². The fraction of sp³-hybridized carbons (Fsp3) is 0.579. The van der Waals surface area contributed by atoms with Gasteiger partial charge in [-0.25, -0.2) is 13.2 Å². The van der Waals surface area contributed by atoms with Gasteiger partial charge in [0.1, 0.15) is 5.60 Å². The summed E-state index contributed by atoms with van der Waals surface area (Å²) in [6, 6.07) is 3.98. The number of piperidine rings is 1. The van der Waals surface area contributed by atoms with Crippen LogP contribution in [0.4, 0.5) is 13.2 Å². The number of carbonyl (C=O) groups is 2. The summed E-state index contributed by atoms with van der Waals surface area (Å²) in [4.78, 5) is 22.9. The van der Waals surface area contributed by atoms with Gasteiger partial charge in [0, 0.05) is 13.1 Å². The maximum Gasteiger partial charge on any atom is 0.417 e. The molecule has 11 heteroatoms. The standard InChI is InChI=1S/C19H24F3NO6S/c1-18(2,3)29-16(24)12-28-17(25)13-8-10-23(11-9-13)30(26,27)15-7-5-4-6-14(15)19(20,21)22/h4-7,13H,8-12H2,1-3H3. The van der Waals surface area contributed by atoms with Crippen LogP contribution >= 0.6 is 0 Å². The van der Waals surface area contributed by atoms with E-state index in [1.165, 1.54) is 6.07 Å². The van der Waals surface area contributed by atoms with Crippen LogP contribution < -0.4 is 0 Å². The van der Waals surface area contributed by atoms with Crippen LogP contribution in [0.25, 0.3) is 0 Å². The van der Waals surface area contributed by atoms with Gasteiger partial charge in [-0.1, -0.05) is 12.1 Å². The second kappa shape index (κ2) is 8.93. The Morgan fingerprint density at radius 3 is 2.20 bits per heavy atom. The first-order chi connectivity index (χ1) is 13.7. The van der Waals surface area contributed by atoms with E-state index in [-0.39, 0.29) is 25.9 Å². The minimum atomic E-state index is -4.81. The molecule has 0 unspecified atom stereocenters. The first-order valence-corrected chi connectivity index (χ1v) is 10.7. The Bertz CT molecular complexity index is 884. The number of alkyl halides is 3. The monoisotopic (exact) mass is 451 g/mol. The highest BCUT2D eigenvalue weighted by atomic mass is 32.2. The van der Waals surface area contributed by atoms with E-state index in [1.54, 1.807) is 20.8 Å². The SMILES string of the molecule is CC(C)(C)OC(=O)COC(=O)C1CCN(S(=O)(=O)c2ccccc2C(F)(F)F)CC1. The molecule has 0 amide bonds. The number of halogens is 3. The van der Waals surface area contributed by atoms with Crippen molar-refractivity contribution in [3.05, 3.63) is 29.8 Å². The van der Waals surface area contributed by atoms with Crippen molar-refractivity contribution in [2.75, 3.05) is 19.7 Å². The van der Waals surface area contributed by atoms with Crippen LogP contribution in [0, 0.1) is 5.92 Å². The van der Waals surface area contributed by atoms with Crippen LogP contribution in [0.1, 0.15) is 39.2 Å². The number of sulfonamides is 1. The molecule has 0 aliphatic carbocycles. The van der Waals surface area contributed by atoms with Gasteiger partial charge in [0.25, 0.3) is 0 Å². The number of benzene rings is 1. The van der Waals surface area contributed by atoms with Gasteiger partial charge in [-0.2, -0.15) is 17.5 Å². The second-order valence-corrected chi connectivity index (χ2v) is 9.77. The summed E-state index contributed by atoms with van der Waals surface area (Å²) in [5.41, 5.74) is -1.96. The van der Waals surface area contributed by atoms with Crippen molar-refractivity contribution in [2.45, 2.75) is 50.3 Å². The lowest BCUT2D eigenvalue weighted by molar-refractivity contribution is -0.168. The van der Waals surface area contributed by atoms with Crippen molar-refractivity contribution in [2.24, 2.45) is 5.92 Å². The third-order valence-corrected chi connectivity index (χ3v) is 6.31. The Kier molecular flexibility index (Phi) is 7.18. The van der Waals surface area contributed by atoms with Gasteiger partial charge in [-0.3, -0.25) is 4.79 Å². The van der Waals surface area contributed by atoms with E-state index in [0.717, 1.165) is 16.4 Å². The van der Waals surface area contributed by atoms with E-state index in [1.807, 2.05) is 0 Å². The van der Waals surface area contributed by atoms with E-state index in [4.69, 9.17) is 9.47 Å². The molecule has 1 aliphatic heterocycles. The van der Waals surface area contributed by atoms with Crippen LogP contribution in [0.5, 0.6) is 0 Å². The molecule has 7 nitrogen and oxygen atoms in total. The number of hydrogen-bond donors (Lipinski definition) is 0. The number of esters is 2. The fourth-order valence-corrected chi connectivity index (χ4v) is 4.70. The molecule has 1 saturated heterocycles. The van der Waals surface area contributed by atoms with Crippen molar-refractivity contribution in [1.29, 1.82) is 0 Å². The zero-order valence-corrected chi connectivity index (χ0v) is 17.7. The molecule has 1 aromatic carbocycles. The van der Waals surface area contributed by atoms with Gasteiger partial charge < -0.3 is 9.47 Å². The Balaban J connectivity index is 1.99. The highest BCUT2D eigenvalue weighted by molar-refractivity contribution is 7.89. The van der Waals surface area contributed by atoms with E-state index < -0.39 is 56.7 Å². The molecular formula is C19H24F3NO6S. The zero-order chi connectivity index (χ0) is 22.7. The summed E-state index contributed by atoms with van der Waals surface area (Å²) in [5, 5.41) is 0. The van der Waals surface area contributed by atoms with E-state index >= 15 is 0 Å². The average molecular weight is 451 g/mol. The lowest BCUT2D eigenvalue weighted by atomic mass is 9.98. The summed E-state index contributed by atoms with van der Waals surface area (Å²) >= 11 is 0. The number of nitrogens with zero attached hydrogens (tertiary/aromatic N) is 1. The van der Waals surface area contributed by atoms with Crippen molar-refractivity contribution in [3.63, 3.8) is 0 Å². The highest BCUT2D eigenvalue weighted by Gasteiger charge is 2.40. The van der Waals surface area contributed by atoms with Crippen molar-refractivity contribution in [3.8, 4) is 0 Å². The molecule has 1 heterocycles. The predicted octanol–water partition coefficient (Wildman–Crippen LogP) is 2.99. The maximum atomic E-state index is 13.2. The van der Waals surface area contributed by atoms with E-state index in [9.17, 15) is 31.2 Å². The summed E-state index contributed by atoms with van der Waals surface area (Å²) in [7, 11) is -4.38. The van der Waals surface area contributed by atoms with E-state index in [0.29, 0.717) is 6.07 Å². The molecule has 30 heavy (non-hydrogen) atoms. The predicted molar refractivity (Wildman–Crippen MR) is 99.7 cm³/mol. The molecule has 168 valence electrons. The maximum absolute atomic E-state index is 13.2. The number of hydrogen-bond acceptors (Lipinski definition) is 6. The first-order valence-electron chi connectivity index (χ1n) is 9.26. The molecule has 0 atom stereocenters. The van der Waals surface area contributed by atoms with Crippen LogP contribution in [0.2, 0.25) is 0 Å². The molecule has 0 saturated carbocycles. The summed E-state index contributed by atoms with van der Waals surface area (Å²) < 4.78 is 75.9. The molecule has 0 radical (unpaired) electrons. The van der Waals surface area contributed by atoms with E-state index in [2.05, 4.69) is 0 Å². The molecule has 0 spiro atoms. The molecule has 0 aromatic heterocycles. The molecule has 0 N–H and O–H groups in total. The van der Waals surface area contributed by atoms with Crippen LogP contribution in [0.15, 0.2) is 29.2 Å². The molecule has 2 rings (SSSR count). The van der Waals surface area contributed by atoms with Gasteiger partial charge in [0.15, 0.2) is 6.61 Å². The van der Waals surface area contributed by atoms with Crippen molar-refractivity contribution >= 4 is 22.0 Å². The lowest BCUT2D eigenvalue weighted by Gasteiger charge is -2.30. The third-order valence-electron chi connectivity index (χ3n) is 4.35. The Morgan fingerprint density at radius 2 is 1.67 bits per heavy atom. The largest absolute Gasteiger partial charge is 0.457 e. The molecule has 1 aromatic rings. The Morgan fingerprint density at radius 1 is 1.10 bits per heavy atom. The Hall–Kier alpha value is -2.14. The van der Waals surface area contributed by atoms with Gasteiger partial charge in [-0.05, 0) is 45.7 Å². The third kappa shape index (κ3) is 6.18. The van der Waals surface area contributed by atoms with Crippen LogP contribution in [0.3, 0.4) is 0 Å². The number of rotatable bonds is 5. The second-order valence-electron chi connectivity index (χ2n) is 7.87. The molecular weight excluding hydrogens is 427 g/mol. The van der Waals surface area contributed by atoms with Crippen LogP contribution in [-0.4, -0.2) is 50.0 Å². The number of ether oxygens (including phenoxy) is 2. The topological polar surface area (TPSA) is 90.0 Å². The Labute approximate surface area is 173 Å². The van der Waals surface area contributed by atoms with Gasteiger partial charge in [0.05, 0.1) is 16.4 Å². The summed E-state index contributed by atoms with van der Waals surface area (Å²) in [6.45, 7) is 4.16. The summed E-state index contributed by atoms with van der Waals surface area (Å²) in [6.07, 6.45) is -4.67. The minimum absolute atomic E-state index is 0.0700. The fourth-order valence-electron chi connectivity index (χ4n) is 3.02. The lowest BCUT2D eigenvalue weighted by Crippen LogP contribution is -2.41. The summed E-state index contributed by atoms with van der Waals surface area (Å²) in [5.74, 6) is -2.04. The normalized spacial score (nSPS) is 16.9. The highest BCUT2D eigenvalue weighted by Crippen LogP contribution is 2.36. The molecule has 1 fully saturated rings. The minimum Gasteiger partial charge on any atom is -0.457 e. The van der Waals surface area contributed by atoms with Gasteiger partial charge in [-0.15, -0.1) is 0 Å². The quantitative estimate of drug-likeness (QED) is 0.640.